The van der Waals surface area contributed by atoms with Crippen LogP contribution in [0.25, 0.3) is 0 Å². The molecule has 4 nitrogen and oxygen atoms in total. The maximum Gasteiger partial charge on any atom is 0.203 e. The topological polar surface area (TPSA) is 55.0 Å². The largest absolute Gasteiger partial charge is 0.374 e. The van der Waals surface area contributed by atoms with Crippen molar-refractivity contribution in [3.63, 3.8) is 0 Å². The first-order chi connectivity index (χ1) is 7.65. The molecule has 0 spiro atoms. The lowest BCUT2D eigenvalue weighted by Gasteiger charge is -2.21. The molecule has 1 aliphatic rings. The average molecular weight is 240 g/mol. The predicted molar refractivity (Wildman–Crippen MR) is 67.2 cm³/mol. The Morgan fingerprint density at radius 1 is 1.44 bits per heavy atom. The van der Waals surface area contributed by atoms with E-state index in [-0.39, 0.29) is 0 Å². The predicted octanol–water partition coefficient (Wildman–Crippen LogP) is 2.13. The lowest BCUT2D eigenvalue weighted by atomic mass is 10.1. The second kappa shape index (κ2) is 5.10. The lowest BCUT2D eigenvalue weighted by Crippen LogP contribution is -2.27. The summed E-state index contributed by atoms with van der Waals surface area (Å²) in [6.07, 6.45) is 3.93. The molecule has 2 rings (SSSR count). The maximum absolute atomic E-state index is 5.59. The number of anilines is 1. The van der Waals surface area contributed by atoms with Crippen LogP contribution in [0, 0.1) is 5.92 Å². The Labute approximate surface area is 101 Å². The van der Waals surface area contributed by atoms with Crippen molar-refractivity contribution in [2.45, 2.75) is 45.7 Å². The zero-order chi connectivity index (χ0) is 11.5. The average Bonchev–Trinajstić information content (AvgIpc) is 2.98. The third-order valence-electron chi connectivity index (χ3n) is 2.88. The molecule has 1 fully saturated rings. The van der Waals surface area contributed by atoms with Gasteiger partial charge in [0.25, 0.3) is 0 Å². The molecule has 2 N–H and O–H groups in total. The van der Waals surface area contributed by atoms with Crippen LogP contribution < -0.4 is 5.73 Å². The Morgan fingerprint density at radius 2 is 2.19 bits per heavy atom. The van der Waals surface area contributed by atoms with Gasteiger partial charge in [-0.2, -0.15) is 0 Å². The van der Waals surface area contributed by atoms with E-state index in [0.717, 1.165) is 23.5 Å². The second-order valence-corrected chi connectivity index (χ2v) is 6.01. The number of nitrogens with zero attached hydrogens (tertiary/aromatic N) is 3. The van der Waals surface area contributed by atoms with Gasteiger partial charge in [0.2, 0.25) is 5.13 Å². The van der Waals surface area contributed by atoms with Gasteiger partial charge in [0, 0.05) is 6.04 Å². The van der Waals surface area contributed by atoms with Crippen molar-refractivity contribution in [2.24, 2.45) is 5.92 Å². The summed E-state index contributed by atoms with van der Waals surface area (Å²) in [6, 6.07) is 0.781. The fourth-order valence-corrected chi connectivity index (χ4v) is 2.39. The summed E-state index contributed by atoms with van der Waals surface area (Å²) in [4.78, 5) is 2.53. The first-order valence-electron chi connectivity index (χ1n) is 5.97. The summed E-state index contributed by atoms with van der Waals surface area (Å²) < 4.78 is 0. The molecule has 0 aliphatic heterocycles. The number of nitrogen functional groups attached to an aromatic ring is 1. The van der Waals surface area contributed by atoms with Crippen LogP contribution in [0.1, 0.15) is 38.1 Å². The van der Waals surface area contributed by atoms with Gasteiger partial charge < -0.3 is 5.73 Å². The second-order valence-electron chi connectivity index (χ2n) is 4.92. The molecule has 1 aromatic heterocycles. The Morgan fingerprint density at radius 3 is 2.69 bits per heavy atom. The molecule has 0 aromatic carbocycles. The molecule has 16 heavy (non-hydrogen) atoms. The summed E-state index contributed by atoms with van der Waals surface area (Å²) in [5.41, 5.74) is 5.59. The molecular formula is C11H20N4S. The van der Waals surface area contributed by atoms with Gasteiger partial charge in [-0.3, -0.25) is 4.90 Å². The van der Waals surface area contributed by atoms with Crippen LogP contribution in [-0.4, -0.2) is 27.7 Å². The molecule has 1 aromatic rings. The number of hydrogen-bond acceptors (Lipinski definition) is 5. The van der Waals surface area contributed by atoms with Gasteiger partial charge in [-0.05, 0) is 31.7 Å². The zero-order valence-electron chi connectivity index (χ0n) is 10.0. The van der Waals surface area contributed by atoms with Crippen LogP contribution in [0.15, 0.2) is 0 Å². The summed E-state index contributed by atoms with van der Waals surface area (Å²) in [7, 11) is 0. The van der Waals surface area contributed by atoms with Gasteiger partial charge >= 0.3 is 0 Å². The van der Waals surface area contributed by atoms with Crippen molar-refractivity contribution >= 4 is 16.5 Å². The fourth-order valence-electron chi connectivity index (χ4n) is 1.76. The van der Waals surface area contributed by atoms with Crippen molar-refractivity contribution in [2.75, 3.05) is 12.3 Å². The van der Waals surface area contributed by atoms with Crippen LogP contribution in [0.5, 0.6) is 0 Å². The first kappa shape index (κ1) is 11.8. The summed E-state index contributed by atoms with van der Waals surface area (Å²) in [6.45, 7) is 6.64. The normalized spacial score (nSPS) is 16.2. The van der Waals surface area contributed by atoms with Crippen molar-refractivity contribution in [1.82, 2.24) is 15.1 Å². The van der Waals surface area contributed by atoms with E-state index in [9.17, 15) is 0 Å². The maximum atomic E-state index is 5.59. The highest BCUT2D eigenvalue weighted by Gasteiger charge is 2.29. The van der Waals surface area contributed by atoms with Gasteiger partial charge in [0.05, 0.1) is 6.54 Å². The third kappa shape index (κ3) is 3.42. The number of aromatic nitrogens is 2. The summed E-state index contributed by atoms with van der Waals surface area (Å²) in [5, 5.41) is 9.59. The van der Waals surface area contributed by atoms with E-state index in [1.807, 2.05) is 0 Å². The Balaban J connectivity index is 1.87. The van der Waals surface area contributed by atoms with Crippen LogP contribution in [-0.2, 0) is 6.54 Å². The molecule has 0 saturated heterocycles. The van der Waals surface area contributed by atoms with Gasteiger partial charge in [-0.1, -0.05) is 25.2 Å². The van der Waals surface area contributed by atoms with Gasteiger partial charge in [-0.15, -0.1) is 10.2 Å². The highest BCUT2D eigenvalue weighted by molar-refractivity contribution is 7.15. The molecule has 0 amide bonds. The molecular weight excluding hydrogens is 220 g/mol. The minimum absolute atomic E-state index is 0.578. The van der Waals surface area contributed by atoms with Gasteiger partial charge in [0.15, 0.2) is 0 Å². The Hall–Kier alpha value is -0.680. The minimum Gasteiger partial charge on any atom is -0.374 e. The van der Waals surface area contributed by atoms with Crippen molar-refractivity contribution in [3.05, 3.63) is 5.01 Å². The highest BCUT2D eigenvalue weighted by atomic mass is 32.1. The zero-order valence-corrected chi connectivity index (χ0v) is 10.8. The molecule has 90 valence electrons. The number of rotatable bonds is 6. The Bertz CT molecular complexity index is 332. The number of nitrogens with two attached hydrogens (primary N) is 1. The standard InChI is InChI=1S/C11H20N4S/c1-8(2)5-6-15(9-3-4-9)7-10-13-14-11(12)16-10/h8-9H,3-7H2,1-2H3,(H2,12,14). The van der Waals surface area contributed by atoms with Crippen LogP contribution in [0.4, 0.5) is 5.13 Å². The molecule has 0 unspecified atom stereocenters. The molecule has 1 aliphatic carbocycles. The number of hydrogen-bond donors (Lipinski definition) is 1. The van der Waals surface area contributed by atoms with E-state index in [1.54, 1.807) is 0 Å². The quantitative estimate of drug-likeness (QED) is 0.827. The molecule has 0 atom stereocenters. The monoisotopic (exact) mass is 240 g/mol. The molecule has 5 heteroatoms. The minimum atomic E-state index is 0.578. The van der Waals surface area contributed by atoms with E-state index in [2.05, 4.69) is 28.9 Å². The lowest BCUT2D eigenvalue weighted by molar-refractivity contribution is 0.238. The molecule has 1 saturated carbocycles. The molecule has 1 heterocycles. The Kier molecular flexibility index (Phi) is 3.76. The fraction of sp³-hybridized carbons (Fsp3) is 0.818. The van der Waals surface area contributed by atoms with E-state index in [4.69, 9.17) is 5.73 Å². The third-order valence-corrected chi connectivity index (χ3v) is 3.61. The molecule has 0 bridgehead atoms. The van der Waals surface area contributed by atoms with Crippen LogP contribution >= 0.6 is 11.3 Å². The highest BCUT2D eigenvalue weighted by Crippen LogP contribution is 2.29. The molecule has 0 radical (unpaired) electrons. The first-order valence-corrected chi connectivity index (χ1v) is 6.78. The van der Waals surface area contributed by atoms with Crippen molar-refractivity contribution in [1.29, 1.82) is 0 Å². The van der Waals surface area contributed by atoms with Gasteiger partial charge in [-0.25, -0.2) is 0 Å². The van der Waals surface area contributed by atoms with Crippen molar-refractivity contribution in [3.8, 4) is 0 Å². The van der Waals surface area contributed by atoms with Crippen LogP contribution in [0.3, 0.4) is 0 Å². The van der Waals surface area contributed by atoms with E-state index >= 15 is 0 Å². The smallest absolute Gasteiger partial charge is 0.203 e. The van der Waals surface area contributed by atoms with Gasteiger partial charge in [0.1, 0.15) is 5.01 Å². The van der Waals surface area contributed by atoms with Crippen LogP contribution in [0.2, 0.25) is 0 Å². The summed E-state index contributed by atoms with van der Waals surface area (Å²) in [5.74, 6) is 0.765. The summed E-state index contributed by atoms with van der Waals surface area (Å²) >= 11 is 1.51. The SMILES string of the molecule is CC(C)CCN(Cc1nnc(N)s1)C1CC1. The van der Waals surface area contributed by atoms with Crippen molar-refractivity contribution < 1.29 is 0 Å². The van der Waals surface area contributed by atoms with E-state index in [1.165, 1.54) is 37.1 Å². The van der Waals surface area contributed by atoms with E-state index < -0.39 is 0 Å². The van der Waals surface area contributed by atoms with E-state index in [0.29, 0.717) is 5.13 Å².